The van der Waals surface area contributed by atoms with Gasteiger partial charge >= 0.3 is 5.97 Å². The van der Waals surface area contributed by atoms with E-state index in [0.29, 0.717) is 18.3 Å². The van der Waals surface area contributed by atoms with Crippen LogP contribution in [0.25, 0.3) is 10.9 Å². The first kappa shape index (κ1) is 19.6. The van der Waals surface area contributed by atoms with Crippen molar-refractivity contribution in [3.05, 3.63) is 35.5 Å². The van der Waals surface area contributed by atoms with Crippen LogP contribution in [-0.4, -0.2) is 48.5 Å². The summed E-state index contributed by atoms with van der Waals surface area (Å²) >= 11 is 0. The van der Waals surface area contributed by atoms with Crippen LogP contribution in [0.1, 0.15) is 43.9 Å². The number of nitrogens with zero attached hydrogens (tertiary/aromatic N) is 1. The fourth-order valence-electron chi connectivity index (χ4n) is 4.70. The number of ether oxygens (including phenoxy) is 1. The summed E-state index contributed by atoms with van der Waals surface area (Å²) in [5.74, 6) is 0.902. The SMILES string of the molecule is COC(=O)CCC(C)C1CCC[N+]2=C1c1[nH]c3ccccc3c1CC2.C[O-]. The molecule has 0 saturated heterocycles. The van der Waals surface area contributed by atoms with Crippen molar-refractivity contribution in [3.8, 4) is 0 Å². The molecule has 1 aromatic carbocycles. The third kappa shape index (κ3) is 3.79. The average Bonchev–Trinajstić information content (AvgIpc) is 3.11. The van der Waals surface area contributed by atoms with Crippen molar-refractivity contribution in [2.75, 3.05) is 27.3 Å². The van der Waals surface area contributed by atoms with Crippen molar-refractivity contribution in [2.45, 2.75) is 39.0 Å². The van der Waals surface area contributed by atoms with E-state index in [1.54, 1.807) is 0 Å². The fourth-order valence-corrected chi connectivity index (χ4v) is 4.70. The first-order valence-electron chi connectivity index (χ1n) is 9.88. The van der Waals surface area contributed by atoms with Crippen LogP contribution in [0.2, 0.25) is 0 Å². The highest BCUT2D eigenvalue weighted by Crippen LogP contribution is 2.35. The van der Waals surface area contributed by atoms with Crippen LogP contribution >= 0.6 is 0 Å². The van der Waals surface area contributed by atoms with Gasteiger partial charge in [0.15, 0.2) is 0 Å². The highest BCUT2D eigenvalue weighted by molar-refractivity contribution is 6.04. The summed E-state index contributed by atoms with van der Waals surface area (Å²) in [6, 6.07) is 8.64. The molecule has 5 nitrogen and oxygen atoms in total. The van der Waals surface area contributed by atoms with Gasteiger partial charge in [0.05, 0.1) is 7.11 Å². The van der Waals surface area contributed by atoms with Gasteiger partial charge in [-0.25, -0.2) is 4.58 Å². The van der Waals surface area contributed by atoms with Gasteiger partial charge in [-0.1, -0.05) is 25.1 Å². The minimum atomic E-state index is -0.0977. The number of nitrogens with one attached hydrogen (secondary N) is 1. The number of fused-ring (bicyclic) bond motifs is 4. The number of H-pyrrole nitrogens is 1. The minimum Gasteiger partial charge on any atom is -0.857 e. The van der Waals surface area contributed by atoms with Crippen LogP contribution in [-0.2, 0) is 16.0 Å². The molecule has 146 valence electrons. The van der Waals surface area contributed by atoms with Crippen molar-refractivity contribution in [2.24, 2.45) is 11.8 Å². The summed E-state index contributed by atoms with van der Waals surface area (Å²) in [4.78, 5) is 15.3. The molecule has 0 radical (unpaired) electrons. The summed E-state index contributed by atoms with van der Waals surface area (Å²) in [6.07, 6.45) is 4.98. The van der Waals surface area contributed by atoms with Gasteiger partial charge in [0, 0.05) is 36.1 Å². The number of esters is 1. The highest BCUT2D eigenvalue weighted by atomic mass is 16.5. The number of para-hydroxylation sites is 1. The Morgan fingerprint density at radius 1 is 1.33 bits per heavy atom. The predicted octanol–water partition coefficient (Wildman–Crippen LogP) is 2.50. The quantitative estimate of drug-likeness (QED) is 0.664. The standard InChI is InChI=1S/C21H26N2O2.CH3O/c1-14(9-10-19(24)25-2)15-7-5-12-23-13-11-17-16-6-3-4-8-18(16)22-20(17)21(15)23;1-2/h3-4,6,8,14-15H,5,7,9-13H2,1-2H3;1H3/q;-1/p+1. The van der Waals surface area contributed by atoms with Gasteiger partial charge in [-0.15, -0.1) is 0 Å². The lowest BCUT2D eigenvalue weighted by Crippen LogP contribution is -2.41. The number of aromatic nitrogens is 1. The molecule has 2 unspecified atom stereocenters. The van der Waals surface area contributed by atoms with E-state index in [4.69, 9.17) is 9.84 Å². The second-order valence-electron chi connectivity index (χ2n) is 7.49. The number of hydrogen-bond acceptors (Lipinski definition) is 3. The smallest absolute Gasteiger partial charge is 0.305 e. The first-order chi connectivity index (χ1) is 13.2. The largest absolute Gasteiger partial charge is 0.857 e. The van der Waals surface area contributed by atoms with E-state index in [1.807, 2.05) is 0 Å². The molecule has 0 bridgehead atoms. The zero-order valence-electron chi connectivity index (χ0n) is 16.6. The maximum absolute atomic E-state index is 11.6. The van der Waals surface area contributed by atoms with Gasteiger partial charge < -0.3 is 14.8 Å². The number of carbonyl (C=O) groups excluding carboxylic acids is 1. The molecule has 0 aliphatic carbocycles. The van der Waals surface area contributed by atoms with Crippen LogP contribution < -0.4 is 5.11 Å². The fraction of sp³-hybridized carbons (Fsp3) is 0.545. The molecule has 4 rings (SSSR count). The topological polar surface area (TPSA) is 68.2 Å². The lowest BCUT2D eigenvalue weighted by molar-refractivity contribution is -0.536. The molecule has 0 saturated carbocycles. The normalized spacial score (nSPS) is 19.6. The van der Waals surface area contributed by atoms with Crippen molar-refractivity contribution >= 4 is 22.6 Å². The Kier molecular flexibility index (Phi) is 6.32. The second-order valence-corrected chi connectivity index (χ2v) is 7.49. The molecule has 2 aliphatic heterocycles. The third-order valence-corrected chi connectivity index (χ3v) is 6.05. The molecule has 2 aliphatic rings. The Morgan fingerprint density at radius 3 is 2.89 bits per heavy atom. The molecule has 1 aromatic heterocycles. The third-order valence-electron chi connectivity index (χ3n) is 6.05. The first-order valence-corrected chi connectivity index (χ1v) is 9.88. The predicted molar refractivity (Wildman–Crippen MR) is 105 cm³/mol. The summed E-state index contributed by atoms with van der Waals surface area (Å²) in [5.41, 5.74) is 5.56. The lowest BCUT2D eigenvalue weighted by atomic mass is 9.78. The number of rotatable bonds is 4. The molecule has 0 fully saturated rings. The molecule has 0 spiro atoms. The monoisotopic (exact) mass is 370 g/mol. The van der Waals surface area contributed by atoms with E-state index in [2.05, 4.69) is 40.7 Å². The van der Waals surface area contributed by atoms with Crippen molar-refractivity contribution in [1.82, 2.24) is 4.98 Å². The van der Waals surface area contributed by atoms with Gasteiger partial charge in [0.25, 0.3) is 0 Å². The summed E-state index contributed by atoms with van der Waals surface area (Å²) < 4.78 is 7.41. The van der Waals surface area contributed by atoms with E-state index < -0.39 is 0 Å². The molecule has 0 amide bonds. The van der Waals surface area contributed by atoms with Crippen LogP contribution in [0.15, 0.2) is 24.3 Å². The molecule has 2 atom stereocenters. The van der Waals surface area contributed by atoms with E-state index >= 15 is 0 Å². The maximum atomic E-state index is 11.6. The zero-order valence-corrected chi connectivity index (χ0v) is 16.6. The zero-order chi connectivity index (χ0) is 19.4. The molecule has 5 heteroatoms. The van der Waals surface area contributed by atoms with Gasteiger partial charge in [0.2, 0.25) is 5.71 Å². The maximum Gasteiger partial charge on any atom is 0.305 e. The number of hydrogen-bond donors (Lipinski definition) is 1. The Balaban J connectivity index is 0.00000102. The van der Waals surface area contributed by atoms with Crippen LogP contribution in [0.4, 0.5) is 0 Å². The summed E-state index contributed by atoms with van der Waals surface area (Å²) in [5, 5.41) is 9.62. The number of methoxy groups -OCH3 is 1. The molecule has 27 heavy (non-hydrogen) atoms. The van der Waals surface area contributed by atoms with Crippen LogP contribution in [0.5, 0.6) is 0 Å². The van der Waals surface area contributed by atoms with E-state index in [-0.39, 0.29) is 5.97 Å². The van der Waals surface area contributed by atoms with E-state index in [0.717, 1.165) is 33.0 Å². The molecular formula is C22H30N2O3. The van der Waals surface area contributed by atoms with Crippen molar-refractivity contribution in [1.29, 1.82) is 0 Å². The Bertz CT molecular complexity index is 837. The lowest BCUT2D eigenvalue weighted by Gasteiger charge is -2.30. The summed E-state index contributed by atoms with van der Waals surface area (Å²) in [6.45, 7) is 4.57. The van der Waals surface area contributed by atoms with E-state index in [9.17, 15) is 4.79 Å². The Labute approximate surface area is 161 Å². The Hall–Kier alpha value is -2.14. The second kappa shape index (κ2) is 8.70. The van der Waals surface area contributed by atoms with E-state index in [1.165, 1.54) is 47.8 Å². The number of aromatic amines is 1. The molecule has 3 heterocycles. The summed E-state index contributed by atoms with van der Waals surface area (Å²) in [7, 11) is 2.22. The van der Waals surface area contributed by atoms with Gasteiger partial charge in [-0.2, -0.15) is 7.11 Å². The van der Waals surface area contributed by atoms with Gasteiger partial charge in [-0.05, 0) is 30.4 Å². The van der Waals surface area contributed by atoms with Gasteiger partial charge in [-0.3, -0.25) is 4.79 Å². The Morgan fingerprint density at radius 2 is 2.11 bits per heavy atom. The molecule has 1 N–H and O–H groups in total. The van der Waals surface area contributed by atoms with Crippen LogP contribution in [0.3, 0.4) is 0 Å². The minimum absolute atomic E-state index is 0.0977. The average molecular weight is 370 g/mol. The number of carbonyl (C=O) groups is 1. The number of benzene rings is 1. The highest BCUT2D eigenvalue weighted by Gasteiger charge is 2.39. The van der Waals surface area contributed by atoms with Crippen molar-refractivity contribution < 1.29 is 19.2 Å². The molecule has 2 aromatic rings. The molecular weight excluding hydrogens is 340 g/mol. The van der Waals surface area contributed by atoms with Crippen LogP contribution in [0, 0.1) is 11.8 Å². The van der Waals surface area contributed by atoms with Gasteiger partial charge in [0.1, 0.15) is 18.8 Å². The van der Waals surface area contributed by atoms with Crippen molar-refractivity contribution in [3.63, 3.8) is 0 Å².